The monoisotopic (exact) mass is 2160 g/mol. The number of unbranched alkanes of at least 4 members (excludes halogenated alkanes) is 2. The number of nitrogens with zero attached hydrogens (tertiary/aromatic N) is 6. The van der Waals surface area contributed by atoms with Crippen LogP contribution >= 0.6 is 22.7 Å². The van der Waals surface area contributed by atoms with Crippen LogP contribution in [-0.2, 0) is 28.9 Å². The summed E-state index contributed by atoms with van der Waals surface area (Å²) >= 11 is 2.11. The molecule has 0 unspecified atom stereocenters. The second-order valence-corrected chi connectivity index (χ2v) is 35.9. The van der Waals surface area contributed by atoms with Crippen LogP contribution in [0.5, 0.6) is 23.0 Å². The molecule has 0 atom stereocenters. The number of sulfone groups is 1. The molecule has 1 amide bonds. The van der Waals surface area contributed by atoms with E-state index in [1.807, 2.05) is 8.96 Å². The summed E-state index contributed by atoms with van der Waals surface area (Å²) in [5.74, 6) is -79.3. The summed E-state index contributed by atoms with van der Waals surface area (Å²) in [4.78, 5) is 40.4. The molecule has 17 nitrogen and oxygen atoms in total. The summed E-state index contributed by atoms with van der Waals surface area (Å²) in [6, 6.07) is 58.3. The van der Waals surface area contributed by atoms with E-state index < -0.39 is 188 Å². The van der Waals surface area contributed by atoms with Crippen LogP contribution in [0.25, 0.3) is 69.8 Å². The standard InChI is InChI=1S/C90H61B2F34N7O10S3/c1-128-68(74-131-62-45-59(139-3)39-41-64(62)145-74)72-67-66(69(133(72)92(53-24-12-6-13-25-53)54-26-14-7-15-27-54)49-30-34-56(35-31-49)140-42-18-16-28-55(134)47-146(136,137)90(125,126)83(109,110)82(107,108)89(123,124)143-88(121,122)81(105,106)78(99,100)85(114,115)116)71(60(46-127)73-130-61-44-58(138-2)38-40-63(61)144-73)132(91(51-20-8-4-9-21-51)52-22-10-5-11-23-52)70(67)50-32-36-57(37-33-50)141-43-19-17-29-65(135)129-48-75(93,94)76(95,96)79(101,102)86(117,118)142-87(119,120)80(103,104)77(97,98)84(111,112)113/h4-15,20-27,30-41,44-45H,16-19,28-29,42-43,47-48H2,2-3H3,(H,129,135)/b71-60-,72-68+. The fourth-order valence-corrected chi connectivity index (χ4v) is 18.0. The van der Waals surface area contributed by atoms with Gasteiger partial charge in [-0.1, -0.05) is 143 Å². The van der Waals surface area contributed by atoms with Gasteiger partial charge in [-0.2, -0.15) is 155 Å². The van der Waals surface area contributed by atoms with Crippen LogP contribution in [0.2, 0.25) is 0 Å². The first-order chi connectivity index (χ1) is 67.7. The fourth-order valence-electron chi connectivity index (χ4n) is 14.8. The van der Waals surface area contributed by atoms with Gasteiger partial charge in [-0.25, -0.2) is 32.7 Å². The number of halogens is 34. The van der Waals surface area contributed by atoms with Crippen LogP contribution < -0.4 is 56.8 Å². The quantitative estimate of drug-likeness (QED) is 0.0164. The number of hydrogen-bond acceptors (Lipinski definition) is 15. The Bertz CT molecular complexity index is 6950. The number of thiazole rings is 2. The van der Waals surface area contributed by atoms with Gasteiger partial charge in [0, 0.05) is 52.5 Å². The molecule has 146 heavy (non-hydrogen) atoms. The second kappa shape index (κ2) is 40.7. The molecule has 56 heteroatoms. The number of amides is 1. The summed E-state index contributed by atoms with van der Waals surface area (Å²) in [5, 5.41) is 6.22. The largest absolute Gasteiger partial charge is 0.497 e. The Balaban J connectivity index is 0.972. The first-order valence-corrected chi connectivity index (χ1v) is 44.7. The van der Waals surface area contributed by atoms with E-state index in [4.69, 9.17) is 28.9 Å². The number of carbonyl (C=O) groups excluding carboxylic acids is 2. The lowest BCUT2D eigenvalue weighted by Crippen LogP contribution is -2.69. The zero-order chi connectivity index (χ0) is 108. The predicted molar refractivity (Wildman–Crippen MR) is 460 cm³/mol. The maximum atomic E-state index is 15.2. The van der Waals surface area contributed by atoms with E-state index >= 15 is 8.78 Å². The van der Waals surface area contributed by atoms with Gasteiger partial charge in [0.1, 0.15) is 56.2 Å². The Morgan fingerprint density at radius 2 is 0.760 bits per heavy atom. The lowest BCUT2D eigenvalue weighted by Gasteiger charge is -2.39. The number of rotatable bonds is 43. The third-order valence-electron chi connectivity index (χ3n) is 22.2. The molecule has 1 N–H and O–H groups in total. The van der Waals surface area contributed by atoms with Gasteiger partial charge in [-0.05, 0) is 110 Å². The van der Waals surface area contributed by atoms with E-state index in [1.165, 1.54) is 72.2 Å². The first-order valence-electron chi connectivity index (χ1n) is 41.4. The summed E-state index contributed by atoms with van der Waals surface area (Å²) < 4.78 is 532. The number of aromatic nitrogens is 4. The van der Waals surface area contributed by atoms with Crippen LogP contribution in [-0.4, -0.2) is 188 Å². The van der Waals surface area contributed by atoms with Crippen molar-refractivity contribution in [2.45, 2.75) is 134 Å². The van der Waals surface area contributed by atoms with Crippen LogP contribution in [0.1, 0.15) is 48.5 Å². The van der Waals surface area contributed by atoms with E-state index in [0.717, 1.165) is 28.0 Å². The summed E-state index contributed by atoms with van der Waals surface area (Å²) in [6.45, 7) is 3.23. The molecular weight excluding hydrogens is 2100 g/mol. The van der Waals surface area contributed by atoms with Crippen LogP contribution in [0.15, 0.2) is 206 Å². The lowest BCUT2D eigenvalue weighted by molar-refractivity contribution is -0.518. The number of ketones is 1. The van der Waals surface area contributed by atoms with E-state index in [2.05, 4.69) is 10.9 Å². The summed E-state index contributed by atoms with van der Waals surface area (Å²) in [5.41, 5.74) is 2.98. The normalized spacial score (nSPS) is 14.0. The minimum absolute atomic E-state index is 0.0416. The van der Waals surface area contributed by atoms with E-state index in [-0.39, 0.29) is 83.2 Å². The van der Waals surface area contributed by atoms with Crippen molar-refractivity contribution in [1.29, 1.82) is 5.26 Å². The SMILES string of the molecule is [C-]#[N+]/C(c1nc2cc(OC)ccc2s1)=c1\c2c(-c3ccc(OCCCCC(=O)NCC(F)(F)C(F)(F)C(F)(F)C(F)(F)OC(F)(F)C(F)(F)C(F)(F)C(F)(F)F)cc3)n(B(c3ccccc3)c3ccccc3)/c(=C(/C#N)c3nc4cc(OC)ccc4s3)c2c(-c2ccc(OCCCCC(=O)CS(=O)(=O)C(F)(F)C(F)(F)C(F)(F)C(F)(F)OC(F)(F)C(F)(F)C(F)(F)C(F)(F)F)cc2)n1B(c1ccccc1)c1ccccc1. The number of Topliss-reactive ketones (excluding diaryl/α,β-unsaturated/α-hetero) is 1. The zero-order valence-corrected chi connectivity index (χ0v) is 75.6. The predicted octanol–water partition coefficient (Wildman–Crippen LogP) is 21.2. The smallest absolute Gasteiger partial charge is 0.460 e. The van der Waals surface area contributed by atoms with Gasteiger partial charge in [0.25, 0.3) is 0 Å². The Kier molecular flexibility index (Phi) is 31.2. The van der Waals surface area contributed by atoms with Crippen molar-refractivity contribution in [1.82, 2.24) is 24.2 Å². The molecule has 12 rings (SSSR count). The van der Waals surface area contributed by atoms with Crippen molar-refractivity contribution in [3.05, 3.63) is 238 Å². The molecule has 4 aromatic heterocycles. The minimum atomic E-state index is -8.58. The number of ether oxygens (including phenoxy) is 6. The Hall–Kier alpha value is -13.0. The molecule has 0 fully saturated rings. The number of fused-ring (bicyclic) bond motifs is 3. The van der Waals surface area contributed by atoms with Gasteiger partial charge in [-0.15, -0.1) is 22.7 Å². The van der Waals surface area contributed by atoms with Crippen molar-refractivity contribution in [2.24, 2.45) is 0 Å². The highest BCUT2D eigenvalue weighted by Crippen LogP contribution is 2.62. The second-order valence-electron chi connectivity index (χ2n) is 31.8. The van der Waals surface area contributed by atoms with Crippen LogP contribution in [0, 0.1) is 17.9 Å². The van der Waals surface area contributed by atoms with E-state index in [9.17, 15) is 170 Å². The van der Waals surface area contributed by atoms with Crippen molar-refractivity contribution < 1.29 is 196 Å². The van der Waals surface area contributed by atoms with Gasteiger partial charge < -0.3 is 33.2 Å². The number of hydrogen-bond donors (Lipinski definition) is 1. The molecule has 0 saturated carbocycles. The third kappa shape index (κ3) is 20.5. The Morgan fingerprint density at radius 1 is 0.425 bits per heavy atom. The Morgan fingerprint density at radius 3 is 1.12 bits per heavy atom. The summed E-state index contributed by atoms with van der Waals surface area (Å²) in [7, 11) is -4.90. The van der Waals surface area contributed by atoms with Crippen molar-refractivity contribution in [3.63, 3.8) is 0 Å². The van der Waals surface area contributed by atoms with Gasteiger partial charge in [0.2, 0.25) is 21.4 Å². The van der Waals surface area contributed by atoms with Crippen molar-refractivity contribution >= 4 is 122 Å². The highest BCUT2D eigenvalue weighted by molar-refractivity contribution is 7.93. The lowest BCUT2D eigenvalue weighted by atomic mass is 9.50. The molecule has 4 heterocycles. The van der Waals surface area contributed by atoms with Gasteiger partial charge in [0.05, 0.1) is 66.3 Å². The Labute approximate surface area is 807 Å². The zero-order valence-electron chi connectivity index (χ0n) is 73.2. The molecule has 0 bridgehead atoms. The van der Waals surface area contributed by atoms with E-state index in [1.54, 1.807) is 158 Å². The average Bonchev–Trinajstić information content (AvgIpc) is 1.52. The van der Waals surface area contributed by atoms with Gasteiger partial charge in [0.15, 0.2) is 0 Å². The molecule has 0 radical (unpaired) electrons. The van der Waals surface area contributed by atoms with E-state index in [0.29, 0.717) is 53.8 Å². The molecule has 0 aliphatic heterocycles. The molecule has 778 valence electrons. The molecule has 0 aliphatic rings. The van der Waals surface area contributed by atoms with Crippen molar-refractivity contribution in [3.8, 4) is 51.6 Å². The van der Waals surface area contributed by atoms with Crippen LogP contribution in [0.4, 0.5) is 149 Å². The highest BCUT2D eigenvalue weighted by Gasteiger charge is 2.91. The number of nitriles is 1. The van der Waals surface area contributed by atoms with Gasteiger partial charge in [-0.3, -0.25) is 9.59 Å². The first kappa shape index (κ1) is 112. The highest BCUT2D eigenvalue weighted by atomic mass is 32.2. The molecular formula is C90H61B2F34N7O10S3. The number of benzene rings is 8. The number of nitrogens with one attached hydrogen (secondary N) is 1. The summed E-state index contributed by atoms with van der Waals surface area (Å²) in [6.07, 6.45) is -53.2. The maximum absolute atomic E-state index is 15.2. The van der Waals surface area contributed by atoms with Crippen molar-refractivity contribution in [2.75, 3.05) is 39.7 Å². The minimum Gasteiger partial charge on any atom is -0.497 e. The molecule has 0 saturated heterocycles. The third-order valence-corrected chi connectivity index (χ3v) is 26.0. The maximum Gasteiger partial charge on any atom is 0.460 e. The average molecular weight is 2160 g/mol. The molecule has 0 aliphatic carbocycles. The topological polar surface area (TPSA) is 199 Å². The van der Waals surface area contributed by atoms with Gasteiger partial charge >= 0.3 is 109 Å². The molecule has 8 aromatic carbocycles. The number of alkyl halides is 34. The fraction of sp³-hybridized carbons (Fsp3) is 0.311. The molecule has 12 aromatic rings. The van der Waals surface area contributed by atoms with Crippen LogP contribution in [0.3, 0.4) is 0 Å². The number of carbonyl (C=O) groups is 2. The molecule has 0 spiro atoms. The number of methoxy groups -OCH3 is 2.